The molecular formula is C24H39NO5S. The van der Waals surface area contributed by atoms with E-state index in [2.05, 4.69) is 51.2 Å². The van der Waals surface area contributed by atoms with E-state index >= 15 is 0 Å². The highest BCUT2D eigenvalue weighted by Crippen LogP contribution is 2.14. The number of nitrogens with one attached hydrogen (secondary N) is 1. The number of rotatable bonds is 15. The Bertz CT molecular complexity index is 692. The van der Waals surface area contributed by atoms with Gasteiger partial charge in [0.1, 0.15) is 6.04 Å². The number of carbonyl (C=O) groups excluding carboxylic acids is 1. The maximum absolute atomic E-state index is 12.1. The topological polar surface area (TPSA) is 104 Å². The third kappa shape index (κ3) is 13.8. The summed E-state index contributed by atoms with van der Waals surface area (Å²) in [4.78, 5) is 34.6. The van der Waals surface area contributed by atoms with Crippen molar-refractivity contribution in [1.82, 2.24) is 5.32 Å². The molecule has 0 aliphatic rings. The van der Waals surface area contributed by atoms with Crippen molar-refractivity contribution in [2.24, 2.45) is 11.8 Å². The first-order chi connectivity index (χ1) is 14.5. The van der Waals surface area contributed by atoms with Crippen LogP contribution in [-0.4, -0.2) is 45.6 Å². The normalized spacial score (nSPS) is 15.0. The lowest BCUT2D eigenvalue weighted by Crippen LogP contribution is -2.46. The lowest BCUT2D eigenvalue weighted by atomic mass is 9.95. The molecule has 3 atom stereocenters. The maximum Gasteiger partial charge on any atom is 0.327 e. The zero-order valence-electron chi connectivity index (χ0n) is 19.7. The van der Waals surface area contributed by atoms with Gasteiger partial charge in [0.2, 0.25) is 5.91 Å². The Balaban J connectivity index is 4.41. The second-order valence-corrected chi connectivity index (χ2v) is 9.39. The van der Waals surface area contributed by atoms with Gasteiger partial charge in [0.25, 0.3) is 0 Å². The van der Waals surface area contributed by atoms with Crippen LogP contribution < -0.4 is 5.32 Å². The van der Waals surface area contributed by atoms with Gasteiger partial charge in [0.05, 0.1) is 5.92 Å². The highest BCUT2D eigenvalue weighted by molar-refractivity contribution is 7.99. The Morgan fingerprint density at radius 1 is 0.839 bits per heavy atom. The minimum Gasteiger partial charge on any atom is -0.481 e. The van der Waals surface area contributed by atoms with Gasteiger partial charge < -0.3 is 15.5 Å². The molecule has 0 heterocycles. The van der Waals surface area contributed by atoms with Crippen molar-refractivity contribution in [1.29, 1.82) is 0 Å². The van der Waals surface area contributed by atoms with Crippen LogP contribution in [0.25, 0.3) is 0 Å². The second kappa shape index (κ2) is 15.7. The van der Waals surface area contributed by atoms with Crippen LogP contribution in [0.3, 0.4) is 0 Å². The Morgan fingerprint density at radius 2 is 1.39 bits per heavy atom. The number of carbonyl (C=O) groups is 3. The summed E-state index contributed by atoms with van der Waals surface area (Å²) in [5.74, 6) is -3.55. The lowest BCUT2D eigenvalue weighted by Gasteiger charge is -2.19. The number of carboxylic acid groups (broad SMARTS) is 2. The predicted octanol–water partition coefficient (Wildman–Crippen LogP) is 5.07. The van der Waals surface area contributed by atoms with Crippen molar-refractivity contribution in [3.63, 3.8) is 0 Å². The third-order valence-electron chi connectivity index (χ3n) is 5.12. The van der Waals surface area contributed by atoms with Crippen molar-refractivity contribution in [3.8, 4) is 0 Å². The van der Waals surface area contributed by atoms with Crippen LogP contribution in [0.15, 0.2) is 34.9 Å². The number of hydrogen-bond acceptors (Lipinski definition) is 4. The number of aliphatic carboxylic acids is 2. The molecule has 0 radical (unpaired) electrons. The fourth-order valence-corrected chi connectivity index (χ4v) is 3.64. The van der Waals surface area contributed by atoms with E-state index < -0.39 is 35.7 Å². The standard InChI is InChI=1S/C24H39NO5S/c1-16(2)9-7-10-17(3)11-8-12-18(4)13-14-31-15-21(24(29)30)25-22(26)19(5)20(6)23(27)28/h9,11,13,19-21H,7-8,10,12,14-15H2,1-6H3,(H,25,26)(H,27,28)(H,29,30)/t19-,20-,21+/m1/s1. The largest absolute Gasteiger partial charge is 0.481 e. The molecule has 0 bridgehead atoms. The fourth-order valence-electron chi connectivity index (χ4n) is 2.64. The van der Waals surface area contributed by atoms with Crippen LogP contribution in [0.5, 0.6) is 0 Å². The Hall–Kier alpha value is -2.02. The molecule has 0 aromatic rings. The summed E-state index contributed by atoms with van der Waals surface area (Å²) < 4.78 is 0. The number of hydrogen-bond donors (Lipinski definition) is 3. The third-order valence-corrected chi connectivity index (χ3v) is 6.10. The average Bonchev–Trinajstić information content (AvgIpc) is 2.68. The van der Waals surface area contributed by atoms with Crippen LogP contribution >= 0.6 is 11.8 Å². The molecule has 0 aliphatic carbocycles. The van der Waals surface area contributed by atoms with E-state index in [1.54, 1.807) is 0 Å². The van der Waals surface area contributed by atoms with Gasteiger partial charge >= 0.3 is 11.9 Å². The van der Waals surface area contributed by atoms with Crippen molar-refractivity contribution in [2.75, 3.05) is 11.5 Å². The van der Waals surface area contributed by atoms with Crippen molar-refractivity contribution < 1.29 is 24.6 Å². The minimum atomic E-state index is -1.12. The van der Waals surface area contributed by atoms with E-state index in [1.807, 2.05) is 0 Å². The summed E-state index contributed by atoms with van der Waals surface area (Å²) in [6, 6.07) is -1.04. The van der Waals surface area contributed by atoms with Gasteiger partial charge in [-0.1, -0.05) is 48.8 Å². The Labute approximate surface area is 191 Å². The molecule has 1 amide bonds. The van der Waals surface area contributed by atoms with Crippen molar-refractivity contribution >= 4 is 29.6 Å². The molecule has 0 saturated heterocycles. The summed E-state index contributed by atoms with van der Waals surface area (Å²) in [7, 11) is 0. The smallest absolute Gasteiger partial charge is 0.327 e. The molecule has 0 aromatic heterocycles. The molecule has 6 nitrogen and oxygen atoms in total. The van der Waals surface area contributed by atoms with E-state index in [1.165, 1.54) is 42.3 Å². The van der Waals surface area contributed by atoms with Gasteiger partial charge in [-0.25, -0.2) is 4.79 Å². The SMILES string of the molecule is CC(C)=CCCC(C)=CCCC(C)=CCSC[C@H](NC(=O)[C@H](C)[C@@H](C)C(=O)O)C(=O)O. The summed E-state index contributed by atoms with van der Waals surface area (Å²) in [5, 5.41) is 20.8. The van der Waals surface area contributed by atoms with Crippen LogP contribution in [0, 0.1) is 11.8 Å². The van der Waals surface area contributed by atoms with Gasteiger partial charge in [-0.05, 0) is 53.4 Å². The maximum atomic E-state index is 12.1. The van der Waals surface area contributed by atoms with Gasteiger partial charge in [0, 0.05) is 17.4 Å². The summed E-state index contributed by atoms with van der Waals surface area (Å²) in [6.07, 6.45) is 10.7. The molecule has 0 saturated carbocycles. The van der Waals surface area contributed by atoms with E-state index in [9.17, 15) is 19.5 Å². The molecule has 0 aliphatic heterocycles. The minimum absolute atomic E-state index is 0.225. The highest BCUT2D eigenvalue weighted by atomic mass is 32.2. The first kappa shape index (κ1) is 29.0. The van der Waals surface area contributed by atoms with Crippen LogP contribution in [0.2, 0.25) is 0 Å². The molecule has 0 rings (SSSR count). The average molecular weight is 454 g/mol. The molecular weight excluding hydrogens is 414 g/mol. The molecule has 0 spiro atoms. The van der Waals surface area contributed by atoms with E-state index in [0.29, 0.717) is 5.75 Å². The molecule has 3 N–H and O–H groups in total. The van der Waals surface area contributed by atoms with E-state index in [4.69, 9.17) is 5.11 Å². The zero-order valence-corrected chi connectivity index (χ0v) is 20.6. The summed E-state index contributed by atoms with van der Waals surface area (Å²) in [6.45, 7) is 11.4. The zero-order chi connectivity index (χ0) is 24.0. The predicted molar refractivity (Wildman–Crippen MR) is 128 cm³/mol. The number of thioether (sulfide) groups is 1. The van der Waals surface area contributed by atoms with Crippen molar-refractivity contribution in [2.45, 2.75) is 73.3 Å². The molecule has 0 unspecified atom stereocenters. The Kier molecular flexibility index (Phi) is 14.7. The van der Waals surface area contributed by atoms with Crippen molar-refractivity contribution in [3.05, 3.63) is 34.9 Å². The number of amides is 1. The first-order valence-corrected chi connectivity index (χ1v) is 11.9. The van der Waals surface area contributed by atoms with Crippen LogP contribution in [0.4, 0.5) is 0 Å². The van der Waals surface area contributed by atoms with E-state index in [-0.39, 0.29) is 5.75 Å². The monoisotopic (exact) mass is 453 g/mol. The molecule has 176 valence electrons. The number of carboxylic acids is 2. The molecule has 0 fully saturated rings. The van der Waals surface area contributed by atoms with Gasteiger partial charge in [-0.3, -0.25) is 9.59 Å². The molecule has 7 heteroatoms. The number of allylic oxidation sites excluding steroid dienone is 5. The quantitative estimate of drug-likeness (QED) is 0.236. The summed E-state index contributed by atoms with van der Waals surface area (Å²) in [5.41, 5.74) is 3.99. The molecule has 0 aromatic carbocycles. The fraction of sp³-hybridized carbons (Fsp3) is 0.625. The summed E-state index contributed by atoms with van der Waals surface area (Å²) >= 11 is 1.43. The Morgan fingerprint density at radius 3 is 1.90 bits per heavy atom. The van der Waals surface area contributed by atoms with Gasteiger partial charge in [-0.15, -0.1) is 0 Å². The van der Waals surface area contributed by atoms with Crippen LogP contribution in [-0.2, 0) is 14.4 Å². The van der Waals surface area contributed by atoms with Crippen LogP contribution in [0.1, 0.15) is 67.2 Å². The molecule has 31 heavy (non-hydrogen) atoms. The van der Waals surface area contributed by atoms with Gasteiger partial charge in [-0.2, -0.15) is 11.8 Å². The van der Waals surface area contributed by atoms with E-state index in [0.717, 1.165) is 25.7 Å². The van der Waals surface area contributed by atoms with Gasteiger partial charge in [0.15, 0.2) is 0 Å². The highest BCUT2D eigenvalue weighted by Gasteiger charge is 2.29. The lowest BCUT2D eigenvalue weighted by molar-refractivity contribution is -0.147. The first-order valence-electron chi connectivity index (χ1n) is 10.7. The second-order valence-electron chi connectivity index (χ2n) is 8.31.